The Morgan fingerprint density at radius 1 is 1.13 bits per heavy atom. The van der Waals surface area contributed by atoms with Gasteiger partial charge in [-0.05, 0) is 25.1 Å². The lowest BCUT2D eigenvalue weighted by Gasteiger charge is -2.13. The fourth-order valence-corrected chi connectivity index (χ4v) is 3.20. The summed E-state index contributed by atoms with van der Waals surface area (Å²) in [6.07, 6.45) is 0.871. The van der Waals surface area contributed by atoms with E-state index in [0.717, 1.165) is 17.0 Å². The zero-order valence-corrected chi connectivity index (χ0v) is 16.9. The van der Waals surface area contributed by atoms with Gasteiger partial charge in [-0.1, -0.05) is 30.3 Å². The predicted molar refractivity (Wildman–Crippen MR) is 117 cm³/mol. The van der Waals surface area contributed by atoms with Gasteiger partial charge in [0, 0.05) is 42.2 Å². The number of nitrogens with zero attached hydrogens (tertiary/aromatic N) is 4. The number of rotatable bonds is 6. The number of benzene rings is 2. The fourth-order valence-electron chi connectivity index (χ4n) is 3.20. The van der Waals surface area contributed by atoms with Crippen LogP contribution in [0.2, 0.25) is 0 Å². The van der Waals surface area contributed by atoms with Crippen LogP contribution in [0.1, 0.15) is 23.1 Å². The van der Waals surface area contributed by atoms with Crippen molar-refractivity contribution in [2.45, 2.75) is 13.0 Å². The Kier molecular flexibility index (Phi) is 5.76. The number of aliphatic hydroxyl groups excluding tert-OH is 1. The number of nitrogens with two attached hydrogens (primary N) is 1. The highest BCUT2D eigenvalue weighted by atomic mass is 16.5. The molecule has 1 unspecified atom stereocenters. The molecule has 4 rings (SSSR count). The third-order valence-electron chi connectivity index (χ3n) is 4.73. The highest BCUT2D eigenvalue weighted by Crippen LogP contribution is 2.32. The molecule has 7 nitrogen and oxygen atoms in total. The van der Waals surface area contributed by atoms with E-state index in [1.54, 1.807) is 35.1 Å². The summed E-state index contributed by atoms with van der Waals surface area (Å²) in [5.41, 5.74) is 9.67. The van der Waals surface area contributed by atoms with E-state index in [4.69, 9.17) is 10.5 Å². The summed E-state index contributed by atoms with van der Waals surface area (Å²) in [5.74, 6) is 1.05. The molecule has 0 spiro atoms. The highest BCUT2D eigenvalue weighted by Gasteiger charge is 2.14. The van der Waals surface area contributed by atoms with Crippen LogP contribution < -0.4 is 10.5 Å². The van der Waals surface area contributed by atoms with E-state index in [9.17, 15) is 10.4 Å². The quantitative estimate of drug-likeness (QED) is 0.498. The van der Waals surface area contributed by atoms with Crippen molar-refractivity contribution >= 4 is 0 Å². The minimum absolute atomic E-state index is 0.0757. The lowest BCUT2D eigenvalue weighted by molar-refractivity contribution is 0.181. The first-order valence-electron chi connectivity index (χ1n) is 9.77. The Morgan fingerprint density at radius 3 is 2.68 bits per heavy atom. The number of hydrogen-bond acceptors (Lipinski definition) is 6. The van der Waals surface area contributed by atoms with E-state index in [1.165, 1.54) is 0 Å². The monoisotopic (exact) mass is 411 g/mol. The Bertz CT molecular complexity index is 1240. The molecule has 0 aliphatic carbocycles. The molecule has 7 heteroatoms. The SMILES string of the molecule is Cc1cc(Oc2cc(C#N)ccc2-n2ccc(C(O)CN)n2)cc(-c2ccccc2)n1. The molecule has 0 aliphatic heterocycles. The number of hydrogen-bond donors (Lipinski definition) is 2. The van der Waals surface area contributed by atoms with E-state index in [-0.39, 0.29) is 6.54 Å². The summed E-state index contributed by atoms with van der Waals surface area (Å²) >= 11 is 0. The van der Waals surface area contributed by atoms with Crippen LogP contribution in [-0.2, 0) is 0 Å². The topological polar surface area (TPSA) is 110 Å². The molecule has 4 aromatic rings. The van der Waals surface area contributed by atoms with Crippen LogP contribution >= 0.6 is 0 Å². The highest BCUT2D eigenvalue weighted by molar-refractivity contribution is 5.62. The van der Waals surface area contributed by atoms with Crippen LogP contribution in [0.5, 0.6) is 11.5 Å². The number of aliphatic hydroxyl groups is 1. The summed E-state index contributed by atoms with van der Waals surface area (Å²) in [5, 5.41) is 23.7. The third-order valence-corrected chi connectivity index (χ3v) is 4.73. The van der Waals surface area contributed by atoms with Gasteiger partial charge >= 0.3 is 0 Å². The molecule has 31 heavy (non-hydrogen) atoms. The van der Waals surface area contributed by atoms with Crippen molar-refractivity contribution in [1.82, 2.24) is 14.8 Å². The molecule has 0 saturated carbocycles. The van der Waals surface area contributed by atoms with Crippen LogP contribution in [0.25, 0.3) is 16.9 Å². The van der Waals surface area contributed by atoms with E-state index < -0.39 is 6.10 Å². The van der Waals surface area contributed by atoms with Crippen LogP contribution in [0.4, 0.5) is 0 Å². The smallest absolute Gasteiger partial charge is 0.154 e. The molecular weight excluding hydrogens is 390 g/mol. The maximum absolute atomic E-state index is 9.96. The second-order valence-electron chi connectivity index (χ2n) is 7.03. The zero-order valence-electron chi connectivity index (χ0n) is 16.9. The summed E-state index contributed by atoms with van der Waals surface area (Å²) < 4.78 is 7.80. The van der Waals surface area contributed by atoms with Crippen molar-refractivity contribution in [3.8, 4) is 34.5 Å². The van der Waals surface area contributed by atoms with Crippen molar-refractivity contribution < 1.29 is 9.84 Å². The van der Waals surface area contributed by atoms with Gasteiger partial charge in [-0.2, -0.15) is 10.4 Å². The van der Waals surface area contributed by atoms with E-state index >= 15 is 0 Å². The molecule has 154 valence electrons. The number of aromatic nitrogens is 3. The van der Waals surface area contributed by atoms with Crippen LogP contribution in [0.15, 0.2) is 72.9 Å². The fraction of sp³-hybridized carbons (Fsp3) is 0.125. The first-order valence-corrected chi connectivity index (χ1v) is 9.77. The molecule has 1 atom stereocenters. The molecule has 0 bridgehead atoms. The first kappa shape index (κ1) is 20.3. The van der Waals surface area contributed by atoms with Gasteiger partial charge in [-0.15, -0.1) is 0 Å². The molecule has 0 radical (unpaired) electrons. The van der Waals surface area contributed by atoms with Crippen LogP contribution in [0.3, 0.4) is 0 Å². The lowest BCUT2D eigenvalue weighted by atomic mass is 10.1. The number of pyridine rings is 1. The van der Waals surface area contributed by atoms with Crippen LogP contribution in [-0.4, -0.2) is 26.4 Å². The van der Waals surface area contributed by atoms with Gasteiger partial charge in [0.2, 0.25) is 0 Å². The van der Waals surface area contributed by atoms with Gasteiger partial charge < -0.3 is 15.6 Å². The number of aryl methyl sites for hydroxylation is 1. The van der Waals surface area contributed by atoms with E-state index in [0.29, 0.717) is 28.4 Å². The number of ether oxygens (including phenoxy) is 1. The van der Waals surface area contributed by atoms with Gasteiger partial charge in [-0.25, -0.2) is 4.68 Å². The van der Waals surface area contributed by atoms with Gasteiger partial charge in [-0.3, -0.25) is 4.98 Å². The predicted octanol–water partition coefficient (Wildman–Crippen LogP) is 3.90. The average Bonchev–Trinajstić information content (AvgIpc) is 3.28. The summed E-state index contributed by atoms with van der Waals surface area (Å²) in [6, 6.07) is 22.5. The van der Waals surface area contributed by atoms with Gasteiger partial charge in [0.1, 0.15) is 17.5 Å². The van der Waals surface area contributed by atoms with Crippen LogP contribution in [0, 0.1) is 18.3 Å². The molecule has 0 aliphatic rings. The Labute approximate surface area is 180 Å². The van der Waals surface area contributed by atoms with E-state index in [1.807, 2.05) is 49.4 Å². The summed E-state index contributed by atoms with van der Waals surface area (Å²) in [7, 11) is 0. The van der Waals surface area contributed by atoms with Crippen molar-refractivity contribution in [2.24, 2.45) is 5.73 Å². The van der Waals surface area contributed by atoms with Gasteiger partial charge in [0.05, 0.1) is 23.0 Å². The molecule has 3 N–H and O–H groups in total. The maximum Gasteiger partial charge on any atom is 0.154 e. The third kappa shape index (κ3) is 4.46. The van der Waals surface area contributed by atoms with Crippen molar-refractivity contribution in [1.29, 1.82) is 5.26 Å². The molecule has 0 saturated heterocycles. The molecular formula is C24H21N5O2. The minimum Gasteiger partial charge on any atom is -0.455 e. The first-order chi connectivity index (χ1) is 15.1. The van der Waals surface area contributed by atoms with Gasteiger partial charge in [0.25, 0.3) is 0 Å². The molecule has 2 aromatic carbocycles. The Hall–Kier alpha value is -3.99. The average molecular weight is 411 g/mol. The van der Waals surface area contributed by atoms with Crippen molar-refractivity contribution in [2.75, 3.05) is 6.54 Å². The number of nitriles is 1. The second kappa shape index (κ2) is 8.79. The second-order valence-corrected chi connectivity index (χ2v) is 7.03. The zero-order chi connectivity index (χ0) is 21.8. The lowest BCUT2D eigenvalue weighted by Crippen LogP contribution is -2.12. The van der Waals surface area contributed by atoms with Crippen molar-refractivity contribution in [3.63, 3.8) is 0 Å². The largest absolute Gasteiger partial charge is 0.455 e. The minimum atomic E-state index is -0.847. The summed E-state index contributed by atoms with van der Waals surface area (Å²) in [4.78, 5) is 4.60. The Morgan fingerprint density at radius 2 is 1.94 bits per heavy atom. The summed E-state index contributed by atoms with van der Waals surface area (Å²) in [6.45, 7) is 1.98. The van der Waals surface area contributed by atoms with Gasteiger partial charge in [0.15, 0.2) is 5.75 Å². The van der Waals surface area contributed by atoms with Crippen molar-refractivity contribution in [3.05, 3.63) is 89.9 Å². The molecule has 0 amide bonds. The molecule has 0 fully saturated rings. The standard InChI is InChI=1S/C24H21N5O2/c1-16-11-19(13-21(27-16)18-5-3-2-4-6-18)31-24-12-17(14-25)7-8-22(24)29-10-9-20(28-29)23(30)15-26/h2-13,23,30H,15,26H2,1H3. The van der Waals surface area contributed by atoms with E-state index in [2.05, 4.69) is 16.2 Å². The maximum atomic E-state index is 9.96. The molecule has 2 aromatic heterocycles. The Balaban J connectivity index is 1.74. The molecule has 2 heterocycles. The normalized spacial score (nSPS) is 11.7.